The number of hydrogen-bond acceptors (Lipinski definition) is 5. The van der Waals surface area contributed by atoms with Crippen LogP contribution in [0.25, 0.3) is 11.3 Å². The molecule has 2 aromatic heterocycles. The zero-order valence-corrected chi connectivity index (χ0v) is 20.3. The first kappa shape index (κ1) is 24.6. The van der Waals surface area contributed by atoms with Crippen LogP contribution in [0, 0.1) is 11.7 Å². The molecular weight excluding hydrogens is 447 g/mol. The second-order valence-corrected chi connectivity index (χ2v) is 9.32. The third kappa shape index (κ3) is 5.77. The van der Waals surface area contributed by atoms with E-state index in [1.807, 2.05) is 62.1 Å². The van der Waals surface area contributed by atoms with Crippen molar-refractivity contribution in [2.75, 3.05) is 13.1 Å². The molecule has 3 heterocycles. The summed E-state index contributed by atoms with van der Waals surface area (Å²) in [6, 6.07) is 12.3. The molecule has 0 aliphatic carbocycles. The molecule has 1 aliphatic rings. The Bertz CT molecular complexity index is 1150. The molecule has 1 aliphatic heterocycles. The maximum Gasteiger partial charge on any atom is 0.244 e. The highest BCUT2D eigenvalue weighted by atomic mass is 19.1. The number of rotatable bonds is 7. The summed E-state index contributed by atoms with van der Waals surface area (Å²) in [7, 11) is 0. The molecule has 1 aromatic carbocycles. The van der Waals surface area contributed by atoms with Gasteiger partial charge >= 0.3 is 0 Å². The average Bonchev–Trinajstić information content (AvgIpc) is 3.38. The summed E-state index contributed by atoms with van der Waals surface area (Å²) in [6.45, 7) is 7.17. The van der Waals surface area contributed by atoms with Gasteiger partial charge in [0, 0.05) is 55.5 Å². The summed E-state index contributed by atoms with van der Waals surface area (Å²) in [5, 5.41) is 3.00. The van der Waals surface area contributed by atoms with Crippen LogP contribution in [0.3, 0.4) is 0 Å². The first-order valence-electron chi connectivity index (χ1n) is 11.9. The average molecular weight is 479 g/mol. The molecule has 1 fully saturated rings. The maximum absolute atomic E-state index is 14.2. The van der Waals surface area contributed by atoms with Gasteiger partial charge in [0.15, 0.2) is 0 Å². The van der Waals surface area contributed by atoms with E-state index >= 15 is 0 Å². The minimum atomic E-state index is -0.666. The minimum Gasteiger partial charge on any atom is -0.464 e. The monoisotopic (exact) mass is 478 g/mol. The van der Waals surface area contributed by atoms with E-state index < -0.39 is 6.04 Å². The minimum absolute atomic E-state index is 0.0600. The van der Waals surface area contributed by atoms with Crippen molar-refractivity contribution in [3.63, 3.8) is 0 Å². The molecule has 4 rings (SSSR count). The molecule has 184 valence electrons. The Morgan fingerprint density at radius 2 is 1.94 bits per heavy atom. The number of aromatic nitrogens is 1. The summed E-state index contributed by atoms with van der Waals surface area (Å²) < 4.78 is 19.6. The predicted molar refractivity (Wildman–Crippen MR) is 130 cm³/mol. The highest BCUT2D eigenvalue weighted by Crippen LogP contribution is 2.23. The van der Waals surface area contributed by atoms with Gasteiger partial charge in [0.2, 0.25) is 11.8 Å². The molecular formula is C27H31FN4O3. The van der Waals surface area contributed by atoms with Crippen LogP contribution in [0.15, 0.2) is 65.5 Å². The zero-order chi connectivity index (χ0) is 24.9. The van der Waals surface area contributed by atoms with E-state index in [2.05, 4.69) is 10.3 Å². The number of furan rings is 1. The number of pyridine rings is 1. The Hall–Kier alpha value is -3.52. The number of nitrogens with one attached hydrogen (secondary N) is 1. The fourth-order valence-electron chi connectivity index (χ4n) is 4.49. The number of amides is 2. The number of carbonyl (C=O) groups excluding carboxylic acids is 2. The normalized spacial score (nSPS) is 18.6. The van der Waals surface area contributed by atoms with Crippen molar-refractivity contribution in [1.82, 2.24) is 20.1 Å². The first-order chi connectivity index (χ1) is 16.8. The lowest BCUT2D eigenvalue weighted by molar-refractivity contribution is -0.150. The molecule has 0 radical (unpaired) electrons. The first-order valence-corrected chi connectivity index (χ1v) is 11.9. The van der Waals surface area contributed by atoms with Crippen LogP contribution >= 0.6 is 0 Å². The Kier molecular flexibility index (Phi) is 7.60. The number of carbonyl (C=O) groups is 2. The number of halogens is 1. The van der Waals surface area contributed by atoms with Gasteiger partial charge in [-0.15, -0.1) is 0 Å². The largest absolute Gasteiger partial charge is 0.464 e. The van der Waals surface area contributed by atoms with Gasteiger partial charge in [-0.2, -0.15) is 0 Å². The van der Waals surface area contributed by atoms with Gasteiger partial charge in [-0.25, -0.2) is 4.39 Å². The summed E-state index contributed by atoms with van der Waals surface area (Å²) in [5.74, 6) is -0.104. The lowest BCUT2D eigenvalue weighted by Gasteiger charge is -2.45. The van der Waals surface area contributed by atoms with Crippen LogP contribution in [0.5, 0.6) is 0 Å². The summed E-state index contributed by atoms with van der Waals surface area (Å²) in [5.41, 5.74) is 2.42. The summed E-state index contributed by atoms with van der Waals surface area (Å²) in [6.07, 6.45) is 4.38. The van der Waals surface area contributed by atoms with E-state index in [0.717, 1.165) is 16.9 Å². The van der Waals surface area contributed by atoms with Crippen molar-refractivity contribution in [1.29, 1.82) is 0 Å². The standard InChI is InChI=1S/C27H31FN4O3/c1-18(2)27(34)32-19(3)15-31(16-22-10-11-29-14-23(22)28)17-24(32)26(33)30-13-20-6-8-21(9-7-20)25-5-4-12-35-25/h4-12,14,18-19,24H,13,15-17H2,1-3H3,(H,30,33). The number of benzene rings is 1. The van der Waals surface area contributed by atoms with Crippen LogP contribution in [0.4, 0.5) is 4.39 Å². The van der Waals surface area contributed by atoms with Crippen molar-refractivity contribution < 1.29 is 18.4 Å². The highest BCUT2D eigenvalue weighted by molar-refractivity contribution is 5.89. The van der Waals surface area contributed by atoms with E-state index in [4.69, 9.17) is 4.42 Å². The second kappa shape index (κ2) is 10.8. The quantitative estimate of drug-likeness (QED) is 0.558. The Morgan fingerprint density at radius 3 is 2.60 bits per heavy atom. The molecule has 1 saturated heterocycles. The summed E-state index contributed by atoms with van der Waals surface area (Å²) in [4.78, 5) is 33.9. The molecule has 2 atom stereocenters. The predicted octanol–water partition coefficient (Wildman–Crippen LogP) is 3.85. The third-order valence-electron chi connectivity index (χ3n) is 6.29. The van der Waals surface area contributed by atoms with Crippen molar-refractivity contribution in [3.8, 4) is 11.3 Å². The van der Waals surface area contributed by atoms with E-state index in [9.17, 15) is 14.0 Å². The van der Waals surface area contributed by atoms with Gasteiger partial charge in [0.1, 0.15) is 17.6 Å². The SMILES string of the molecule is CC(C)C(=O)N1C(C)CN(Cc2ccncc2F)CC1C(=O)NCc1ccc(-c2ccco2)cc1. The molecule has 0 spiro atoms. The lowest BCUT2D eigenvalue weighted by Crippen LogP contribution is -2.64. The van der Waals surface area contributed by atoms with Crippen molar-refractivity contribution in [2.24, 2.45) is 5.92 Å². The molecule has 8 heteroatoms. The van der Waals surface area contributed by atoms with Crippen LogP contribution in [-0.4, -0.2) is 51.8 Å². The smallest absolute Gasteiger partial charge is 0.244 e. The fraction of sp³-hybridized carbons (Fsp3) is 0.370. The molecule has 0 saturated carbocycles. The molecule has 3 aromatic rings. The Balaban J connectivity index is 1.46. The number of piperazine rings is 1. The van der Waals surface area contributed by atoms with E-state index in [0.29, 0.717) is 31.7 Å². The maximum atomic E-state index is 14.2. The van der Waals surface area contributed by atoms with E-state index in [1.165, 1.54) is 6.20 Å². The van der Waals surface area contributed by atoms with Crippen LogP contribution in [0.1, 0.15) is 31.9 Å². The van der Waals surface area contributed by atoms with Gasteiger partial charge in [0.25, 0.3) is 0 Å². The summed E-state index contributed by atoms with van der Waals surface area (Å²) >= 11 is 0. The van der Waals surface area contributed by atoms with Crippen molar-refractivity contribution in [2.45, 2.75) is 45.9 Å². The fourth-order valence-corrected chi connectivity index (χ4v) is 4.49. The molecule has 7 nitrogen and oxygen atoms in total. The second-order valence-electron chi connectivity index (χ2n) is 9.32. The lowest BCUT2D eigenvalue weighted by atomic mass is 10.0. The van der Waals surface area contributed by atoms with Gasteiger partial charge in [-0.3, -0.25) is 19.5 Å². The van der Waals surface area contributed by atoms with Crippen LogP contribution < -0.4 is 5.32 Å². The van der Waals surface area contributed by atoms with Crippen molar-refractivity contribution >= 4 is 11.8 Å². The zero-order valence-electron chi connectivity index (χ0n) is 20.3. The number of nitrogens with zero attached hydrogens (tertiary/aromatic N) is 3. The third-order valence-corrected chi connectivity index (χ3v) is 6.29. The van der Waals surface area contributed by atoms with E-state index in [-0.39, 0.29) is 29.6 Å². The molecule has 2 amide bonds. The van der Waals surface area contributed by atoms with E-state index in [1.54, 1.807) is 23.4 Å². The van der Waals surface area contributed by atoms with Crippen LogP contribution in [0.2, 0.25) is 0 Å². The highest BCUT2D eigenvalue weighted by Gasteiger charge is 2.40. The topological polar surface area (TPSA) is 78.7 Å². The molecule has 0 bridgehead atoms. The Morgan fingerprint density at radius 1 is 1.17 bits per heavy atom. The van der Waals surface area contributed by atoms with Gasteiger partial charge in [0.05, 0.1) is 12.5 Å². The van der Waals surface area contributed by atoms with Gasteiger partial charge in [-0.05, 0) is 30.7 Å². The van der Waals surface area contributed by atoms with Gasteiger partial charge in [-0.1, -0.05) is 38.1 Å². The Labute approximate surface area is 204 Å². The van der Waals surface area contributed by atoms with Gasteiger partial charge < -0.3 is 14.6 Å². The number of hydrogen-bond donors (Lipinski definition) is 1. The molecule has 2 unspecified atom stereocenters. The van der Waals surface area contributed by atoms with Crippen LogP contribution in [-0.2, 0) is 22.7 Å². The molecule has 1 N–H and O–H groups in total. The molecule has 35 heavy (non-hydrogen) atoms. The van der Waals surface area contributed by atoms with Crippen molar-refractivity contribution in [3.05, 3.63) is 78.1 Å².